The second kappa shape index (κ2) is 9.60. The number of nitrogens with zero attached hydrogens (tertiary/aromatic N) is 1. The predicted molar refractivity (Wildman–Crippen MR) is 113 cm³/mol. The summed E-state index contributed by atoms with van der Waals surface area (Å²) in [7, 11) is -1.26. The molecular weight excluding hydrogens is 356 g/mol. The Morgan fingerprint density at radius 2 is 1.52 bits per heavy atom. The van der Waals surface area contributed by atoms with Crippen LogP contribution in [-0.4, -0.2) is 25.3 Å². The molecule has 0 amide bonds. The van der Waals surface area contributed by atoms with E-state index in [9.17, 15) is 9.42 Å². The van der Waals surface area contributed by atoms with Crippen molar-refractivity contribution in [1.29, 1.82) is 0 Å². The van der Waals surface area contributed by atoms with Crippen LogP contribution >= 0.6 is 0 Å². The van der Waals surface area contributed by atoms with E-state index in [1.54, 1.807) is 0 Å². The van der Waals surface area contributed by atoms with Crippen LogP contribution < -0.4 is 4.72 Å². The van der Waals surface area contributed by atoms with Crippen LogP contribution in [0.5, 0.6) is 0 Å². The van der Waals surface area contributed by atoms with E-state index in [1.165, 1.54) is 5.06 Å². The van der Waals surface area contributed by atoms with Gasteiger partial charge in [0.25, 0.3) is 0 Å². The van der Waals surface area contributed by atoms with E-state index in [4.69, 9.17) is 0 Å². The SMILES string of the molecule is CC(C)[C@H]([C@H](NS(=O)C(C)(C)C)c1ccccc1)N(O)Cc1ccccc1. The van der Waals surface area contributed by atoms with Gasteiger partial charge in [-0.25, -0.2) is 8.93 Å². The van der Waals surface area contributed by atoms with Crippen molar-refractivity contribution in [3.63, 3.8) is 0 Å². The molecule has 0 spiro atoms. The summed E-state index contributed by atoms with van der Waals surface area (Å²) in [6, 6.07) is 19.3. The minimum absolute atomic E-state index is 0.147. The van der Waals surface area contributed by atoms with Crippen LogP contribution in [0.3, 0.4) is 0 Å². The maximum Gasteiger partial charge on any atom is 0.0976 e. The molecule has 0 aliphatic carbocycles. The number of benzene rings is 2. The van der Waals surface area contributed by atoms with Crippen LogP contribution in [-0.2, 0) is 17.5 Å². The Morgan fingerprint density at radius 3 is 2.00 bits per heavy atom. The molecule has 0 bridgehead atoms. The molecule has 5 heteroatoms. The predicted octanol–water partition coefficient (Wildman–Crippen LogP) is 4.70. The zero-order valence-corrected chi connectivity index (χ0v) is 17.7. The van der Waals surface area contributed by atoms with Gasteiger partial charge in [0, 0.05) is 6.54 Å². The lowest BCUT2D eigenvalue weighted by Gasteiger charge is -2.37. The number of rotatable bonds is 8. The molecule has 0 radical (unpaired) electrons. The van der Waals surface area contributed by atoms with Gasteiger partial charge in [-0.2, -0.15) is 5.06 Å². The van der Waals surface area contributed by atoms with E-state index in [-0.39, 0.29) is 18.0 Å². The van der Waals surface area contributed by atoms with E-state index >= 15 is 0 Å². The number of hydroxylamine groups is 2. The Morgan fingerprint density at radius 1 is 1.00 bits per heavy atom. The minimum Gasteiger partial charge on any atom is -0.313 e. The first kappa shape index (κ1) is 21.8. The molecule has 0 aliphatic heterocycles. The Kier molecular flexibility index (Phi) is 7.74. The van der Waals surface area contributed by atoms with Gasteiger partial charge in [-0.15, -0.1) is 0 Å². The van der Waals surface area contributed by atoms with Crippen LogP contribution in [0.2, 0.25) is 0 Å². The average Bonchev–Trinajstić information content (AvgIpc) is 2.61. The van der Waals surface area contributed by atoms with Crippen molar-refractivity contribution in [1.82, 2.24) is 9.79 Å². The summed E-state index contributed by atoms with van der Waals surface area (Å²) in [6.07, 6.45) is 0. The fourth-order valence-electron chi connectivity index (χ4n) is 3.06. The van der Waals surface area contributed by atoms with Gasteiger partial charge in [-0.3, -0.25) is 0 Å². The highest BCUT2D eigenvalue weighted by Gasteiger charge is 2.34. The van der Waals surface area contributed by atoms with Crippen molar-refractivity contribution in [2.45, 2.75) is 58.0 Å². The summed E-state index contributed by atoms with van der Waals surface area (Å²) in [4.78, 5) is 0. The van der Waals surface area contributed by atoms with Crippen LogP contribution in [0.4, 0.5) is 0 Å². The Hall–Kier alpha value is -1.53. The molecule has 2 rings (SSSR count). The molecule has 2 aromatic carbocycles. The summed E-state index contributed by atoms with van der Waals surface area (Å²) in [5, 5.41) is 12.4. The van der Waals surface area contributed by atoms with Gasteiger partial charge >= 0.3 is 0 Å². The summed E-state index contributed by atoms with van der Waals surface area (Å²) >= 11 is 0. The van der Waals surface area contributed by atoms with Crippen molar-refractivity contribution < 1.29 is 9.42 Å². The first-order valence-corrected chi connectivity index (χ1v) is 10.6. The smallest absolute Gasteiger partial charge is 0.0976 e. The van der Waals surface area contributed by atoms with Crippen LogP contribution in [0.1, 0.15) is 51.8 Å². The van der Waals surface area contributed by atoms with E-state index in [1.807, 2.05) is 81.4 Å². The molecule has 148 valence electrons. The van der Waals surface area contributed by atoms with Gasteiger partial charge < -0.3 is 5.21 Å². The quantitative estimate of drug-likeness (QED) is 0.645. The third-order valence-corrected chi connectivity index (χ3v) is 6.09. The fourth-order valence-corrected chi connectivity index (χ4v) is 3.92. The third kappa shape index (κ3) is 6.25. The molecule has 0 fully saturated rings. The number of hydrogen-bond donors (Lipinski definition) is 2. The molecule has 4 nitrogen and oxygen atoms in total. The van der Waals surface area contributed by atoms with E-state index in [2.05, 4.69) is 18.6 Å². The van der Waals surface area contributed by atoms with E-state index in [0.717, 1.165) is 11.1 Å². The lowest BCUT2D eigenvalue weighted by molar-refractivity contribution is -0.154. The standard InChI is InChI=1S/C22H32N2O2S/c1-17(2)21(24(25)16-18-12-8-6-9-13-18)20(19-14-10-7-11-15-19)23-27(26)22(3,4)5/h6-15,17,20-21,23,25H,16H2,1-5H3/t20-,21-,27?/m1/s1. The maximum atomic E-state index is 12.9. The molecule has 3 atom stereocenters. The molecular formula is C22H32N2O2S. The highest BCUT2D eigenvalue weighted by molar-refractivity contribution is 7.84. The zero-order valence-electron chi connectivity index (χ0n) is 16.9. The first-order chi connectivity index (χ1) is 12.7. The third-order valence-electron chi connectivity index (χ3n) is 4.50. The zero-order chi connectivity index (χ0) is 20.0. The van der Waals surface area contributed by atoms with Gasteiger partial charge in [0.2, 0.25) is 0 Å². The largest absolute Gasteiger partial charge is 0.313 e. The van der Waals surface area contributed by atoms with Crippen LogP contribution in [0.15, 0.2) is 60.7 Å². The highest BCUT2D eigenvalue weighted by atomic mass is 32.2. The van der Waals surface area contributed by atoms with Crippen molar-refractivity contribution in [2.24, 2.45) is 5.92 Å². The monoisotopic (exact) mass is 388 g/mol. The van der Waals surface area contributed by atoms with Gasteiger partial charge in [-0.05, 0) is 37.8 Å². The van der Waals surface area contributed by atoms with Crippen LogP contribution in [0.25, 0.3) is 0 Å². The van der Waals surface area contributed by atoms with E-state index < -0.39 is 15.7 Å². The molecule has 0 aliphatic rings. The summed E-state index contributed by atoms with van der Waals surface area (Å²) < 4.78 is 15.8. The second-order valence-electron chi connectivity index (χ2n) is 8.21. The summed E-state index contributed by atoms with van der Waals surface area (Å²) in [5.41, 5.74) is 2.05. The Balaban J connectivity index is 2.34. The topological polar surface area (TPSA) is 52.6 Å². The molecule has 27 heavy (non-hydrogen) atoms. The minimum atomic E-state index is -1.26. The fraction of sp³-hybridized carbons (Fsp3) is 0.455. The van der Waals surface area contributed by atoms with Crippen molar-refractivity contribution >= 4 is 11.0 Å². The van der Waals surface area contributed by atoms with Crippen molar-refractivity contribution in [3.05, 3.63) is 71.8 Å². The molecule has 2 aromatic rings. The molecule has 0 aromatic heterocycles. The van der Waals surface area contributed by atoms with Crippen molar-refractivity contribution in [3.8, 4) is 0 Å². The van der Waals surface area contributed by atoms with Gasteiger partial charge in [0.1, 0.15) is 0 Å². The van der Waals surface area contributed by atoms with Gasteiger partial charge in [-0.1, -0.05) is 74.5 Å². The Labute approximate surface area is 166 Å². The number of hydrogen-bond acceptors (Lipinski definition) is 3. The Bertz CT molecular complexity index is 714. The average molecular weight is 389 g/mol. The van der Waals surface area contributed by atoms with Crippen LogP contribution in [0, 0.1) is 5.92 Å². The van der Waals surface area contributed by atoms with E-state index in [0.29, 0.717) is 6.54 Å². The first-order valence-electron chi connectivity index (χ1n) is 9.42. The van der Waals surface area contributed by atoms with Crippen molar-refractivity contribution in [2.75, 3.05) is 0 Å². The molecule has 0 saturated carbocycles. The molecule has 0 heterocycles. The molecule has 1 unspecified atom stereocenters. The lowest BCUT2D eigenvalue weighted by Crippen LogP contribution is -2.48. The molecule has 2 N–H and O–H groups in total. The summed E-state index contributed by atoms with van der Waals surface area (Å²) in [6.45, 7) is 10.4. The second-order valence-corrected chi connectivity index (χ2v) is 10.2. The lowest BCUT2D eigenvalue weighted by atomic mass is 9.91. The van der Waals surface area contributed by atoms with Gasteiger partial charge in [0.05, 0.1) is 27.8 Å². The number of nitrogens with one attached hydrogen (secondary N) is 1. The molecule has 0 saturated heterocycles. The highest BCUT2D eigenvalue weighted by Crippen LogP contribution is 2.28. The van der Waals surface area contributed by atoms with Gasteiger partial charge in [0.15, 0.2) is 0 Å². The summed E-state index contributed by atoms with van der Waals surface area (Å²) in [5.74, 6) is 0.147. The normalized spacial score (nSPS) is 15.7. The maximum absolute atomic E-state index is 12.9.